The quantitative estimate of drug-likeness (QED) is 0.789. The summed E-state index contributed by atoms with van der Waals surface area (Å²) >= 11 is 0. The third kappa shape index (κ3) is 3.98. The number of pyridine rings is 1. The molecule has 1 aromatic rings. The first kappa shape index (κ1) is 12.6. The average molecular weight is 221 g/mol. The smallest absolute Gasteiger partial charge is 0.222 e. The maximum atomic E-state index is 11.6. The number of hydrogen-bond donors (Lipinski definition) is 2. The van der Waals surface area contributed by atoms with Gasteiger partial charge in [0.15, 0.2) is 0 Å². The Hall–Kier alpha value is -1.42. The summed E-state index contributed by atoms with van der Waals surface area (Å²) in [6.45, 7) is 3.93. The molecule has 88 valence electrons. The Morgan fingerprint density at radius 3 is 2.69 bits per heavy atom. The molecular formula is C12H19N3O. The zero-order valence-corrected chi connectivity index (χ0v) is 9.81. The number of amides is 1. The molecule has 2 atom stereocenters. The number of nitrogens with zero attached hydrogens (tertiary/aromatic N) is 1. The lowest BCUT2D eigenvalue weighted by Gasteiger charge is -2.15. The average Bonchev–Trinajstić information content (AvgIpc) is 2.29. The van der Waals surface area contributed by atoms with Crippen molar-refractivity contribution < 1.29 is 4.79 Å². The van der Waals surface area contributed by atoms with Gasteiger partial charge in [0.05, 0.1) is 6.04 Å². The van der Waals surface area contributed by atoms with Crippen LogP contribution in [-0.2, 0) is 4.79 Å². The maximum Gasteiger partial charge on any atom is 0.222 e. The van der Waals surface area contributed by atoms with Crippen LogP contribution in [0.15, 0.2) is 24.5 Å². The standard InChI is InChI=1S/C12H19N3O/c1-3-11(13)8-12(16)15-9(2)10-4-6-14-7-5-10/h4-7,9,11H,3,8,13H2,1-2H3,(H,15,16). The lowest BCUT2D eigenvalue weighted by Crippen LogP contribution is -2.32. The predicted molar refractivity (Wildman–Crippen MR) is 63.7 cm³/mol. The van der Waals surface area contributed by atoms with Crippen molar-refractivity contribution in [2.75, 3.05) is 0 Å². The molecule has 1 rings (SSSR count). The largest absolute Gasteiger partial charge is 0.350 e. The minimum Gasteiger partial charge on any atom is -0.350 e. The van der Waals surface area contributed by atoms with Crippen LogP contribution in [0.3, 0.4) is 0 Å². The second-order valence-corrected chi connectivity index (χ2v) is 3.94. The third-order valence-electron chi connectivity index (χ3n) is 2.56. The van der Waals surface area contributed by atoms with Crippen LogP contribution in [0.4, 0.5) is 0 Å². The van der Waals surface area contributed by atoms with Crippen molar-refractivity contribution >= 4 is 5.91 Å². The maximum absolute atomic E-state index is 11.6. The summed E-state index contributed by atoms with van der Waals surface area (Å²) in [5, 5.41) is 2.91. The normalized spacial score (nSPS) is 14.2. The monoisotopic (exact) mass is 221 g/mol. The minimum absolute atomic E-state index is 0.000411. The number of carbonyl (C=O) groups excluding carboxylic acids is 1. The summed E-state index contributed by atoms with van der Waals surface area (Å²) in [7, 11) is 0. The summed E-state index contributed by atoms with van der Waals surface area (Å²) in [6.07, 6.45) is 4.63. The van der Waals surface area contributed by atoms with E-state index in [4.69, 9.17) is 5.73 Å². The van der Waals surface area contributed by atoms with Gasteiger partial charge in [-0.1, -0.05) is 6.92 Å². The molecule has 1 heterocycles. The van der Waals surface area contributed by atoms with Crippen molar-refractivity contribution in [2.24, 2.45) is 5.73 Å². The van der Waals surface area contributed by atoms with Crippen molar-refractivity contribution in [3.63, 3.8) is 0 Å². The fourth-order valence-electron chi connectivity index (χ4n) is 1.42. The molecule has 0 bridgehead atoms. The Bertz CT molecular complexity index is 326. The van der Waals surface area contributed by atoms with Gasteiger partial charge in [0.1, 0.15) is 0 Å². The molecule has 0 fully saturated rings. The number of rotatable bonds is 5. The Morgan fingerprint density at radius 1 is 1.50 bits per heavy atom. The first-order valence-corrected chi connectivity index (χ1v) is 5.58. The molecule has 0 radical (unpaired) electrons. The van der Waals surface area contributed by atoms with Crippen LogP contribution in [0.25, 0.3) is 0 Å². The van der Waals surface area contributed by atoms with Crippen LogP contribution in [0.1, 0.15) is 38.3 Å². The summed E-state index contributed by atoms with van der Waals surface area (Å²) in [5.74, 6) is -0.00124. The van der Waals surface area contributed by atoms with Gasteiger partial charge < -0.3 is 11.1 Å². The van der Waals surface area contributed by atoms with Crippen LogP contribution >= 0.6 is 0 Å². The summed E-state index contributed by atoms with van der Waals surface area (Å²) in [4.78, 5) is 15.5. The highest BCUT2D eigenvalue weighted by atomic mass is 16.1. The SMILES string of the molecule is CCC(N)CC(=O)NC(C)c1ccncc1. The van der Waals surface area contributed by atoms with Gasteiger partial charge in [0.25, 0.3) is 0 Å². The van der Waals surface area contributed by atoms with Crippen LogP contribution in [0, 0.1) is 0 Å². The highest BCUT2D eigenvalue weighted by Gasteiger charge is 2.11. The minimum atomic E-state index is -0.0513. The molecule has 1 amide bonds. The fraction of sp³-hybridized carbons (Fsp3) is 0.500. The number of carbonyl (C=O) groups is 1. The van der Waals surface area contributed by atoms with E-state index in [1.807, 2.05) is 26.0 Å². The predicted octanol–water partition coefficient (Wildman–Crippen LogP) is 1.39. The fourth-order valence-corrected chi connectivity index (χ4v) is 1.42. The molecule has 0 spiro atoms. The van der Waals surface area contributed by atoms with Crippen molar-refractivity contribution in [3.8, 4) is 0 Å². The van der Waals surface area contributed by atoms with E-state index in [1.54, 1.807) is 12.4 Å². The van der Waals surface area contributed by atoms with Gasteiger partial charge in [-0.3, -0.25) is 9.78 Å². The Kier molecular flexibility index (Phi) is 4.92. The zero-order chi connectivity index (χ0) is 12.0. The molecule has 16 heavy (non-hydrogen) atoms. The van der Waals surface area contributed by atoms with E-state index in [9.17, 15) is 4.79 Å². The van der Waals surface area contributed by atoms with Crippen LogP contribution in [-0.4, -0.2) is 16.9 Å². The van der Waals surface area contributed by atoms with E-state index in [2.05, 4.69) is 10.3 Å². The van der Waals surface area contributed by atoms with Crippen LogP contribution in [0.2, 0.25) is 0 Å². The van der Waals surface area contributed by atoms with E-state index >= 15 is 0 Å². The molecule has 4 heteroatoms. The molecular weight excluding hydrogens is 202 g/mol. The van der Waals surface area contributed by atoms with Crippen molar-refractivity contribution in [1.82, 2.24) is 10.3 Å². The second-order valence-electron chi connectivity index (χ2n) is 3.94. The molecule has 0 aliphatic heterocycles. The van der Waals surface area contributed by atoms with Gasteiger partial charge in [-0.2, -0.15) is 0 Å². The highest BCUT2D eigenvalue weighted by molar-refractivity contribution is 5.77. The van der Waals surface area contributed by atoms with E-state index in [0.29, 0.717) is 6.42 Å². The second kappa shape index (κ2) is 6.23. The summed E-state index contributed by atoms with van der Waals surface area (Å²) < 4.78 is 0. The molecule has 3 N–H and O–H groups in total. The zero-order valence-electron chi connectivity index (χ0n) is 9.81. The Morgan fingerprint density at radius 2 is 2.12 bits per heavy atom. The lowest BCUT2D eigenvalue weighted by atomic mass is 10.1. The number of nitrogens with two attached hydrogens (primary N) is 1. The molecule has 0 saturated heterocycles. The van der Waals surface area contributed by atoms with E-state index in [-0.39, 0.29) is 18.0 Å². The number of nitrogens with one attached hydrogen (secondary N) is 1. The van der Waals surface area contributed by atoms with Crippen molar-refractivity contribution in [3.05, 3.63) is 30.1 Å². The Labute approximate surface area is 96.3 Å². The van der Waals surface area contributed by atoms with Crippen molar-refractivity contribution in [2.45, 2.75) is 38.8 Å². The van der Waals surface area contributed by atoms with E-state index in [1.165, 1.54) is 0 Å². The molecule has 4 nitrogen and oxygen atoms in total. The molecule has 0 aromatic carbocycles. The number of aromatic nitrogens is 1. The van der Waals surface area contributed by atoms with E-state index < -0.39 is 0 Å². The van der Waals surface area contributed by atoms with Crippen LogP contribution in [0.5, 0.6) is 0 Å². The first-order chi connectivity index (χ1) is 7.63. The van der Waals surface area contributed by atoms with Gasteiger partial charge in [0, 0.05) is 24.9 Å². The molecule has 0 aliphatic rings. The van der Waals surface area contributed by atoms with E-state index in [0.717, 1.165) is 12.0 Å². The highest BCUT2D eigenvalue weighted by Crippen LogP contribution is 2.10. The van der Waals surface area contributed by atoms with Crippen molar-refractivity contribution in [1.29, 1.82) is 0 Å². The number of hydrogen-bond acceptors (Lipinski definition) is 3. The van der Waals surface area contributed by atoms with Gasteiger partial charge >= 0.3 is 0 Å². The molecule has 0 saturated carbocycles. The Balaban J connectivity index is 2.46. The molecule has 1 aromatic heterocycles. The summed E-state index contributed by atoms with van der Waals surface area (Å²) in [5.41, 5.74) is 6.77. The van der Waals surface area contributed by atoms with Gasteiger partial charge in [0.2, 0.25) is 5.91 Å². The van der Waals surface area contributed by atoms with Gasteiger partial charge in [-0.05, 0) is 31.0 Å². The molecule has 0 aliphatic carbocycles. The summed E-state index contributed by atoms with van der Waals surface area (Å²) in [6, 6.07) is 3.74. The lowest BCUT2D eigenvalue weighted by molar-refractivity contribution is -0.122. The topological polar surface area (TPSA) is 68.0 Å². The van der Waals surface area contributed by atoms with Gasteiger partial charge in [-0.25, -0.2) is 0 Å². The molecule has 2 unspecified atom stereocenters. The van der Waals surface area contributed by atoms with Crippen LogP contribution < -0.4 is 11.1 Å². The third-order valence-corrected chi connectivity index (χ3v) is 2.56. The first-order valence-electron chi connectivity index (χ1n) is 5.58. The van der Waals surface area contributed by atoms with Gasteiger partial charge in [-0.15, -0.1) is 0 Å².